The van der Waals surface area contributed by atoms with Crippen molar-refractivity contribution in [2.75, 3.05) is 6.61 Å². The first-order valence-electron chi connectivity index (χ1n) is 9.14. The summed E-state index contributed by atoms with van der Waals surface area (Å²) < 4.78 is 16.1. The Morgan fingerprint density at radius 3 is 2.67 bits per heavy atom. The lowest BCUT2D eigenvalue weighted by Crippen LogP contribution is -2.35. The highest BCUT2D eigenvalue weighted by Gasteiger charge is 2.20. The molecule has 144 valence electrons. The van der Waals surface area contributed by atoms with Crippen LogP contribution in [-0.4, -0.2) is 29.7 Å². The molecule has 0 bridgehead atoms. The molecule has 27 heavy (non-hydrogen) atoms. The minimum atomic E-state index is -0.592. The molecule has 0 atom stereocenters. The minimum Gasteiger partial charge on any atom is -0.488 e. The van der Waals surface area contributed by atoms with Gasteiger partial charge in [0, 0.05) is 6.04 Å². The van der Waals surface area contributed by atoms with Crippen LogP contribution in [0.3, 0.4) is 0 Å². The Labute approximate surface area is 158 Å². The maximum Gasteiger partial charge on any atom is 0.342 e. The number of para-hydroxylation sites is 1. The number of esters is 1. The number of hydrogen-bond acceptors (Lipinski definition) is 6. The molecule has 3 rings (SSSR count). The van der Waals surface area contributed by atoms with Crippen LogP contribution in [0.4, 0.5) is 0 Å². The summed E-state index contributed by atoms with van der Waals surface area (Å²) in [5.74, 6) is 0.199. The van der Waals surface area contributed by atoms with Crippen LogP contribution < -0.4 is 10.1 Å². The fraction of sp³-hybridized carbons (Fsp3) is 0.450. The van der Waals surface area contributed by atoms with E-state index in [1.807, 2.05) is 13.8 Å². The molecule has 0 radical (unpaired) electrons. The number of hydrogen-bond donors (Lipinski definition) is 1. The lowest BCUT2D eigenvalue weighted by atomic mass is 10.2. The number of carbonyl (C=O) groups is 2. The van der Waals surface area contributed by atoms with Gasteiger partial charge in [0.2, 0.25) is 0 Å². The van der Waals surface area contributed by atoms with Crippen molar-refractivity contribution in [3.05, 3.63) is 46.8 Å². The van der Waals surface area contributed by atoms with Crippen molar-refractivity contribution >= 4 is 11.9 Å². The first kappa shape index (κ1) is 18.9. The number of nitrogens with one attached hydrogen (secondary N) is 1. The van der Waals surface area contributed by atoms with E-state index < -0.39 is 5.97 Å². The summed E-state index contributed by atoms with van der Waals surface area (Å²) in [5.41, 5.74) is 1.86. The van der Waals surface area contributed by atoms with Crippen molar-refractivity contribution in [3.63, 3.8) is 0 Å². The van der Waals surface area contributed by atoms with Crippen LogP contribution in [0.25, 0.3) is 0 Å². The zero-order valence-corrected chi connectivity index (χ0v) is 15.6. The Bertz CT molecular complexity index is 789. The second-order valence-electron chi connectivity index (χ2n) is 6.71. The van der Waals surface area contributed by atoms with E-state index in [-0.39, 0.29) is 30.7 Å². The second kappa shape index (κ2) is 8.70. The van der Waals surface area contributed by atoms with E-state index in [0.717, 1.165) is 36.9 Å². The Balaban J connectivity index is 1.57. The molecule has 1 amide bonds. The SMILES string of the molecule is Cc1noc(C)c1COc1ccccc1C(=O)OCC(=O)NC1CCCC1. The molecule has 1 aliphatic carbocycles. The van der Waals surface area contributed by atoms with E-state index in [1.165, 1.54) is 0 Å². The van der Waals surface area contributed by atoms with Gasteiger partial charge in [-0.15, -0.1) is 0 Å². The lowest BCUT2D eigenvalue weighted by Gasteiger charge is -2.13. The van der Waals surface area contributed by atoms with Gasteiger partial charge in [0.1, 0.15) is 23.7 Å². The number of aromatic nitrogens is 1. The third-order valence-electron chi connectivity index (χ3n) is 4.71. The van der Waals surface area contributed by atoms with Crippen molar-refractivity contribution in [2.24, 2.45) is 0 Å². The van der Waals surface area contributed by atoms with E-state index in [1.54, 1.807) is 24.3 Å². The quantitative estimate of drug-likeness (QED) is 0.751. The molecule has 0 spiro atoms. The van der Waals surface area contributed by atoms with E-state index >= 15 is 0 Å². The molecule has 7 nitrogen and oxygen atoms in total. The summed E-state index contributed by atoms with van der Waals surface area (Å²) in [7, 11) is 0. The Kier molecular flexibility index (Phi) is 6.11. The summed E-state index contributed by atoms with van der Waals surface area (Å²) in [6.07, 6.45) is 4.22. The van der Waals surface area contributed by atoms with Gasteiger partial charge in [-0.1, -0.05) is 30.1 Å². The predicted molar refractivity (Wildman–Crippen MR) is 97.4 cm³/mol. The average molecular weight is 372 g/mol. The topological polar surface area (TPSA) is 90.7 Å². The van der Waals surface area contributed by atoms with Crippen molar-refractivity contribution in [3.8, 4) is 5.75 Å². The van der Waals surface area contributed by atoms with Crippen LogP contribution in [-0.2, 0) is 16.1 Å². The molecule has 1 fully saturated rings. The fourth-order valence-corrected chi connectivity index (χ4v) is 3.17. The van der Waals surface area contributed by atoms with E-state index in [2.05, 4.69) is 10.5 Å². The second-order valence-corrected chi connectivity index (χ2v) is 6.71. The van der Waals surface area contributed by atoms with E-state index in [4.69, 9.17) is 14.0 Å². The van der Waals surface area contributed by atoms with Gasteiger partial charge in [0.05, 0.1) is 11.3 Å². The highest BCUT2D eigenvalue weighted by Crippen LogP contribution is 2.22. The maximum atomic E-state index is 12.4. The molecule has 0 unspecified atom stereocenters. The Morgan fingerprint density at radius 1 is 1.22 bits per heavy atom. The zero-order valence-electron chi connectivity index (χ0n) is 15.6. The number of ether oxygens (including phenoxy) is 2. The number of rotatable bonds is 7. The predicted octanol–water partition coefficient (Wildman–Crippen LogP) is 3.09. The van der Waals surface area contributed by atoms with Gasteiger partial charge in [0.25, 0.3) is 5.91 Å². The van der Waals surface area contributed by atoms with Crippen LogP contribution in [0.5, 0.6) is 5.75 Å². The molecule has 1 heterocycles. The summed E-state index contributed by atoms with van der Waals surface area (Å²) >= 11 is 0. The van der Waals surface area contributed by atoms with Crippen LogP contribution in [0, 0.1) is 13.8 Å². The number of nitrogens with zero attached hydrogens (tertiary/aromatic N) is 1. The molecule has 2 aromatic rings. The summed E-state index contributed by atoms with van der Waals surface area (Å²) in [6, 6.07) is 6.99. The minimum absolute atomic E-state index is 0.196. The molecule has 1 aliphatic rings. The van der Waals surface area contributed by atoms with Crippen molar-refractivity contribution in [1.82, 2.24) is 10.5 Å². The smallest absolute Gasteiger partial charge is 0.342 e. The third-order valence-corrected chi connectivity index (χ3v) is 4.71. The fourth-order valence-electron chi connectivity index (χ4n) is 3.17. The molecular formula is C20H24N2O5. The monoisotopic (exact) mass is 372 g/mol. The molecule has 1 N–H and O–H groups in total. The van der Waals surface area contributed by atoms with Crippen molar-refractivity contribution in [1.29, 1.82) is 0 Å². The molecule has 1 aromatic carbocycles. The molecule has 0 saturated heterocycles. The average Bonchev–Trinajstić information content (AvgIpc) is 3.28. The Morgan fingerprint density at radius 2 is 1.96 bits per heavy atom. The normalized spacial score (nSPS) is 14.1. The summed E-state index contributed by atoms with van der Waals surface area (Å²) in [6.45, 7) is 3.57. The van der Waals surface area contributed by atoms with Gasteiger partial charge in [-0.25, -0.2) is 4.79 Å². The standard InChI is InChI=1S/C20H24N2O5/c1-13-17(14(2)27-22-13)11-25-18-10-6-5-9-16(18)20(24)26-12-19(23)21-15-7-3-4-8-15/h5-6,9-10,15H,3-4,7-8,11-12H2,1-2H3,(H,21,23). The van der Waals surface area contributed by atoms with Crippen LogP contribution >= 0.6 is 0 Å². The largest absolute Gasteiger partial charge is 0.488 e. The number of benzene rings is 1. The van der Waals surface area contributed by atoms with Gasteiger partial charge in [-0.05, 0) is 38.8 Å². The van der Waals surface area contributed by atoms with Gasteiger partial charge in [-0.3, -0.25) is 4.79 Å². The van der Waals surface area contributed by atoms with E-state index in [9.17, 15) is 9.59 Å². The van der Waals surface area contributed by atoms with Gasteiger partial charge < -0.3 is 19.3 Å². The number of carbonyl (C=O) groups excluding carboxylic acids is 2. The first-order chi connectivity index (χ1) is 13.0. The molecule has 0 aliphatic heterocycles. The van der Waals surface area contributed by atoms with Crippen molar-refractivity contribution < 1.29 is 23.6 Å². The van der Waals surface area contributed by atoms with Gasteiger partial charge in [-0.2, -0.15) is 0 Å². The van der Waals surface area contributed by atoms with Gasteiger partial charge >= 0.3 is 5.97 Å². The maximum absolute atomic E-state index is 12.4. The first-order valence-corrected chi connectivity index (χ1v) is 9.14. The van der Waals surface area contributed by atoms with Crippen molar-refractivity contribution in [2.45, 2.75) is 52.2 Å². The molecule has 1 aromatic heterocycles. The Hall–Kier alpha value is -2.83. The summed E-state index contributed by atoms with van der Waals surface area (Å²) in [4.78, 5) is 24.3. The molecule has 7 heteroatoms. The number of amides is 1. The van der Waals surface area contributed by atoms with Crippen LogP contribution in [0.1, 0.15) is 53.1 Å². The molecule has 1 saturated carbocycles. The zero-order chi connectivity index (χ0) is 19.2. The lowest BCUT2D eigenvalue weighted by molar-refractivity contribution is -0.124. The third kappa shape index (κ3) is 4.87. The summed E-state index contributed by atoms with van der Waals surface area (Å²) in [5, 5.41) is 6.78. The van der Waals surface area contributed by atoms with Crippen LogP contribution in [0.2, 0.25) is 0 Å². The van der Waals surface area contributed by atoms with Gasteiger partial charge in [0.15, 0.2) is 6.61 Å². The highest BCUT2D eigenvalue weighted by atomic mass is 16.5. The van der Waals surface area contributed by atoms with E-state index in [0.29, 0.717) is 11.5 Å². The number of aryl methyl sites for hydroxylation is 2. The van der Waals surface area contributed by atoms with Crippen LogP contribution in [0.15, 0.2) is 28.8 Å². The highest BCUT2D eigenvalue weighted by molar-refractivity contribution is 5.94. The molecular weight excluding hydrogens is 348 g/mol.